The van der Waals surface area contributed by atoms with Crippen molar-refractivity contribution >= 4 is 5.91 Å². The normalized spacial score (nSPS) is 11.4. The van der Waals surface area contributed by atoms with Crippen molar-refractivity contribution in [3.63, 3.8) is 0 Å². The van der Waals surface area contributed by atoms with Crippen LogP contribution in [0.4, 0.5) is 0 Å². The van der Waals surface area contributed by atoms with E-state index in [0.717, 1.165) is 5.56 Å². The Morgan fingerprint density at radius 3 is 2.83 bits per heavy atom. The van der Waals surface area contributed by atoms with Crippen molar-refractivity contribution in [3.8, 4) is 11.8 Å². The van der Waals surface area contributed by atoms with E-state index in [2.05, 4.69) is 11.4 Å². The molecule has 0 radical (unpaired) electrons. The summed E-state index contributed by atoms with van der Waals surface area (Å²) in [5.74, 6) is 0.361. The maximum absolute atomic E-state index is 12.1. The van der Waals surface area contributed by atoms with Gasteiger partial charge in [-0.3, -0.25) is 4.79 Å². The van der Waals surface area contributed by atoms with Gasteiger partial charge < -0.3 is 15.2 Å². The lowest BCUT2D eigenvalue weighted by atomic mass is 10.1. The summed E-state index contributed by atoms with van der Waals surface area (Å²) in [7, 11) is 0. The van der Waals surface area contributed by atoms with E-state index in [1.54, 1.807) is 36.4 Å². The highest BCUT2D eigenvalue weighted by Crippen LogP contribution is 2.16. The standard InChI is InChI=1S/C19H20N2O3/c1-14(12-22)11-21-19(23)15-7-4-8-18(9-15)24-13-17-6-3-2-5-16(17)10-20/h2-9,14,22H,11-13H2,1H3,(H,21,23). The van der Waals surface area contributed by atoms with Crippen molar-refractivity contribution in [2.45, 2.75) is 13.5 Å². The Labute approximate surface area is 141 Å². The van der Waals surface area contributed by atoms with Gasteiger partial charge >= 0.3 is 0 Å². The fourth-order valence-corrected chi connectivity index (χ4v) is 2.08. The molecule has 1 amide bonds. The van der Waals surface area contributed by atoms with Crippen molar-refractivity contribution in [1.82, 2.24) is 5.32 Å². The van der Waals surface area contributed by atoms with Gasteiger partial charge in [-0.15, -0.1) is 0 Å². The first kappa shape index (κ1) is 17.5. The second-order valence-corrected chi connectivity index (χ2v) is 5.58. The monoisotopic (exact) mass is 324 g/mol. The molecule has 0 fully saturated rings. The molecule has 0 aliphatic rings. The van der Waals surface area contributed by atoms with Gasteiger partial charge in [0.15, 0.2) is 0 Å². The Kier molecular flexibility index (Phi) is 6.35. The Bertz CT molecular complexity index is 737. The highest BCUT2D eigenvalue weighted by molar-refractivity contribution is 5.94. The van der Waals surface area contributed by atoms with Gasteiger partial charge in [0.25, 0.3) is 5.91 Å². The third-order valence-electron chi connectivity index (χ3n) is 3.55. The second kappa shape index (κ2) is 8.70. The molecule has 0 heterocycles. The van der Waals surface area contributed by atoms with Crippen LogP contribution >= 0.6 is 0 Å². The van der Waals surface area contributed by atoms with Gasteiger partial charge in [0, 0.05) is 24.3 Å². The molecule has 2 aromatic rings. The lowest BCUT2D eigenvalue weighted by molar-refractivity contribution is 0.0942. The van der Waals surface area contributed by atoms with E-state index >= 15 is 0 Å². The second-order valence-electron chi connectivity index (χ2n) is 5.58. The molecule has 1 unspecified atom stereocenters. The van der Waals surface area contributed by atoms with Crippen LogP contribution in [0.5, 0.6) is 5.75 Å². The summed E-state index contributed by atoms with van der Waals surface area (Å²) in [6, 6.07) is 16.2. The van der Waals surface area contributed by atoms with Crippen molar-refractivity contribution in [2.24, 2.45) is 5.92 Å². The molecule has 0 spiro atoms. The molecule has 1 atom stereocenters. The van der Waals surface area contributed by atoms with Crippen molar-refractivity contribution in [2.75, 3.05) is 13.2 Å². The van der Waals surface area contributed by atoms with Crippen LogP contribution in [0.15, 0.2) is 48.5 Å². The zero-order valence-corrected chi connectivity index (χ0v) is 13.5. The van der Waals surface area contributed by atoms with E-state index in [9.17, 15) is 4.79 Å². The van der Waals surface area contributed by atoms with Gasteiger partial charge in [-0.2, -0.15) is 5.26 Å². The van der Waals surface area contributed by atoms with Crippen molar-refractivity contribution in [1.29, 1.82) is 5.26 Å². The first-order valence-electron chi connectivity index (χ1n) is 7.74. The summed E-state index contributed by atoms with van der Waals surface area (Å²) in [4.78, 5) is 12.1. The smallest absolute Gasteiger partial charge is 0.251 e. The van der Waals surface area contributed by atoms with Gasteiger partial charge in [-0.1, -0.05) is 31.2 Å². The third-order valence-corrected chi connectivity index (χ3v) is 3.55. The highest BCUT2D eigenvalue weighted by atomic mass is 16.5. The molecule has 2 aromatic carbocycles. The molecule has 0 saturated heterocycles. The van der Waals surface area contributed by atoms with Gasteiger partial charge in [0.2, 0.25) is 0 Å². The Balaban J connectivity index is 2.00. The number of carbonyl (C=O) groups excluding carboxylic acids is 1. The van der Waals surface area contributed by atoms with E-state index in [4.69, 9.17) is 15.1 Å². The van der Waals surface area contributed by atoms with Crippen LogP contribution < -0.4 is 10.1 Å². The summed E-state index contributed by atoms with van der Waals surface area (Å²) in [6.45, 7) is 2.56. The lowest BCUT2D eigenvalue weighted by Crippen LogP contribution is -2.29. The quantitative estimate of drug-likeness (QED) is 0.820. The van der Waals surface area contributed by atoms with Crippen molar-refractivity contribution < 1.29 is 14.6 Å². The summed E-state index contributed by atoms with van der Waals surface area (Å²) in [6.07, 6.45) is 0. The summed E-state index contributed by atoms with van der Waals surface area (Å²) in [5, 5.41) is 20.8. The maximum atomic E-state index is 12.1. The largest absolute Gasteiger partial charge is 0.489 e. The number of nitriles is 1. The zero-order valence-electron chi connectivity index (χ0n) is 13.5. The van der Waals surface area contributed by atoms with Crippen molar-refractivity contribution in [3.05, 3.63) is 65.2 Å². The number of nitrogens with one attached hydrogen (secondary N) is 1. The van der Waals surface area contributed by atoms with Gasteiger partial charge in [-0.25, -0.2) is 0 Å². The molecular weight excluding hydrogens is 304 g/mol. The van der Waals surface area contributed by atoms with Crippen LogP contribution in [0.2, 0.25) is 0 Å². The number of benzene rings is 2. The van der Waals surface area contributed by atoms with E-state index < -0.39 is 0 Å². The molecular formula is C19H20N2O3. The number of amides is 1. The van der Waals surface area contributed by atoms with Gasteiger partial charge in [0.05, 0.1) is 11.6 Å². The minimum Gasteiger partial charge on any atom is -0.489 e. The van der Waals surface area contributed by atoms with E-state index in [-0.39, 0.29) is 25.0 Å². The molecule has 0 aromatic heterocycles. The Hall–Kier alpha value is -2.84. The molecule has 0 aliphatic carbocycles. The summed E-state index contributed by atoms with van der Waals surface area (Å²) < 4.78 is 5.70. The summed E-state index contributed by atoms with van der Waals surface area (Å²) in [5.41, 5.74) is 1.86. The molecule has 0 aliphatic heterocycles. The van der Waals surface area contributed by atoms with Crippen LogP contribution in [0.3, 0.4) is 0 Å². The van der Waals surface area contributed by atoms with Crippen LogP contribution in [-0.4, -0.2) is 24.2 Å². The number of carbonyl (C=O) groups is 1. The number of nitrogens with zero attached hydrogens (tertiary/aromatic N) is 1. The molecule has 124 valence electrons. The fraction of sp³-hybridized carbons (Fsp3) is 0.263. The zero-order chi connectivity index (χ0) is 17.4. The number of ether oxygens (including phenoxy) is 1. The number of hydrogen-bond donors (Lipinski definition) is 2. The van der Waals surface area contributed by atoms with Crippen LogP contribution in [0, 0.1) is 17.2 Å². The molecule has 2 rings (SSSR count). The number of aliphatic hydroxyl groups excluding tert-OH is 1. The number of aliphatic hydroxyl groups is 1. The number of rotatable bonds is 7. The Morgan fingerprint density at radius 2 is 2.08 bits per heavy atom. The molecule has 24 heavy (non-hydrogen) atoms. The molecule has 0 saturated carbocycles. The van der Waals surface area contributed by atoms with Gasteiger partial charge in [0.1, 0.15) is 12.4 Å². The Morgan fingerprint density at radius 1 is 1.29 bits per heavy atom. The molecule has 0 bridgehead atoms. The maximum Gasteiger partial charge on any atom is 0.251 e. The summed E-state index contributed by atoms with van der Waals surface area (Å²) >= 11 is 0. The molecule has 5 nitrogen and oxygen atoms in total. The minimum absolute atomic E-state index is 0.0101. The lowest BCUT2D eigenvalue weighted by Gasteiger charge is -2.11. The minimum atomic E-state index is -0.210. The first-order valence-corrected chi connectivity index (χ1v) is 7.74. The highest BCUT2D eigenvalue weighted by Gasteiger charge is 2.09. The predicted molar refractivity (Wildman–Crippen MR) is 90.5 cm³/mol. The van der Waals surface area contributed by atoms with Crippen LogP contribution in [-0.2, 0) is 6.61 Å². The van der Waals surface area contributed by atoms with Crippen LogP contribution in [0.25, 0.3) is 0 Å². The van der Waals surface area contributed by atoms with E-state index in [1.165, 1.54) is 0 Å². The molecule has 2 N–H and O–H groups in total. The molecule has 5 heteroatoms. The average Bonchev–Trinajstić information content (AvgIpc) is 2.64. The average molecular weight is 324 g/mol. The van der Waals surface area contributed by atoms with E-state index in [0.29, 0.717) is 23.4 Å². The third kappa shape index (κ3) is 4.83. The SMILES string of the molecule is CC(CO)CNC(=O)c1cccc(OCc2ccccc2C#N)c1. The van der Waals surface area contributed by atoms with Gasteiger partial charge in [-0.05, 0) is 30.2 Å². The fourth-order valence-electron chi connectivity index (χ4n) is 2.08. The first-order chi connectivity index (χ1) is 11.6. The van der Waals surface area contributed by atoms with Crippen LogP contribution in [0.1, 0.15) is 28.4 Å². The predicted octanol–water partition coefficient (Wildman–Crippen LogP) is 2.50. The topological polar surface area (TPSA) is 82.3 Å². The number of hydrogen-bond acceptors (Lipinski definition) is 4. The van der Waals surface area contributed by atoms with E-state index in [1.807, 2.05) is 19.1 Å².